The number of benzene rings is 9. The quantitative estimate of drug-likeness (QED) is 0.154. The Hall–Kier alpha value is -6.96. The van der Waals surface area contributed by atoms with E-state index in [4.69, 9.17) is 0 Å². The summed E-state index contributed by atoms with van der Waals surface area (Å²) in [5.74, 6) is 0. The van der Waals surface area contributed by atoms with Crippen LogP contribution in [0.25, 0.3) is 66.4 Å². The summed E-state index contributed by atoms with van der Waals surface area (Å²) in [6.45, 7) is 0. The molecule has 0 aliphatic heterocycles. The zero-order chi connectivity index (χ0) is 42.4. The van der Waals surface area contributed by atoms with Crippen LogP contribution in [0.2, 0.25) is 0 Å². The highest BCUT2D eigenvalue weighted by Gasteiger charge is 2.18. The molecule has 0 aliphatic rings. The molecule has 9 rings (SSSR count). The monoisotopic (exact) mass is 683 g/mol. The number of fused-ring (bicyclic) bond motifs is 1. The third-order valence-electron chi connectivity index (χ3n) is 9.46. The SMILES string of the molecule is [2H]c1c([2H])c(-c2cccc3ccccc23)c([2H])c(N(c2ccccc2-c2ccc(-c3ccccc3)cc2)c2c([2H])c([2H])c(-c3ccc(-c4ccccc4)cc3)c([2H])c2[2H])c1[2H]. The molecule has 0 spiro atoms. The van der Waals surface area contributed by atoms with Crippen LogP contribution in [0, 0.1) is 0 Å². The number of hydrogen-bond acceptors (Lipinski definition) is 1. The molecule has 1 heteroatoms. The highest BCUT2D eigenvalue weighted by atomic mass is 15.1. The minimum Gasteiger partial charge on any atom is -0.310 e. The van der Waals surface area contributed by atoms with Crippen LogP contribution in [0.5, 0.6) is 0 Å². The first kappa shape index (κ1) is 24.3. The second-order valence-corrected chi connectivity index (χ2v) is 12.7. The first-order valence-electron chi connectivity index (χ1n) is 21.5. The van der Waals surface area contributed by atoms with Gasteiger partial charge in [0.1, 0.15) is 0 Å². The molecule has 250 valence electrons. The van der Waals surface area contributed by atoms with Gasteiger partial charge in [-0.25, -0.2) is 0 Å². The molecule has 0 heterocycles. The third-order valence-corrected chi connectivity index (χ3v) is 9.46. The zero-order valence-electron chi connectivity index (χ0n) is 36.7. The lowest BCUT2D eigenvalue weighted by Crippen LogP contribution is -2.11. The zero-order valence-corrected chi connectivity index (χ0v) is 28.7. The number of rotatable bonds is 8. The Balaban J connectivity index is 1.30. The van der Waals surface area contributed by atoms with E-state index in [2.05, 4.69) is 0 Å². The van der Waals surface area contributed by atoms with Crippen molar-refractivity contribution in [3.8, 4) is 55.6 Å². The molecule has 0 aromatic heterocycles. The molecule has 0 bridgehead atoms. The fourth-order valence-electron chi connectivity index (χ4n) is 6.78. The van der Waals surface area contributed by atoms with Crippen LogP contribution in [0.15, 0.2) is 224 Å². The topological polar surface area (TPSA) is 3.24 Å². The number of para-hydroxylation sites is 1. The summed E-state index contributed by atoms with van der Waals surface area (Å²) >= 11 is 0. The summed E-state index contributed by atoms with van der Waals surface area (Å²) < 4.78 is 75.9. The lowest BCUT2D eigenvalue weighted by Gasteiger charge is -2.28. The van der Waals surface area contributed by atoms with E-state index < -0.39 is 12.1 Å². The first-order chi connectivity index (χ1) is 29.6. The molecule has 9 aromatic rings. The van der Waals surface area contributed by atoms with Crippen LogP contribution in [-0.2, 0) is 0 Å². The molecular weight excluding hydrogens is 639 g/mol. The van der Waals surface area contributed by atoms with Crippen molar-refractivity contribution in [2.24, 2.45) is 0 Å². The normalized spacial score (nSPS) is 13.1. The van der Waals surface area contributed by atoms with E-state index >= 15 is 0 Å². The van der Waals surface area contributed by atoms with Crippen molar-refractivity contribution in [1.29, 1.82) is 0 Å². The van der Waals surface area contributed by atoms with Gasteiger partial charge >= 0.3 is 0 Å². The Labute approximate surface area is 323 Å². The first-order valence-corrected chi connectivity index (χ1v) is 17.5. The van der Waals surface area contributed by atoms with E-state index in [1.54, 1.807) is 30.3 Å². The molecule has 0 saturated carbocycles. The molecule has 0 fully saturated rings. The van der Waals surface area contributed by atoms with Crippen molar-refractivity contribution >= 4 is 27.8 Å². The molecule has 0 unspecified atom stereocenters. The Morgan fingerprint density at radius 2 is 0.830 bits per heavy atom. The molecular formula is C52H37N. The lowest BCUT2D eigenvalue weighted by atomic mass is 9.96. The van der Waals surface area contributed by atoms with Gasteiger partial charge in [-0.3, -0.25) is 0 Å². The van der Waals surface area contributed by atoms with Crippen LogP contribution >= 0.6 is 0 Å². The minimum absolute atomic E-state index is 0.111. The fourth-order valence-corrected chi connectivity index (χ4v) is 6.78. The van der Waals surface area contributed by atoms with Gasteiger partial charge in [-0.1, -0.05) is 194 Å². The smallest absolute Gasteiger partial charge is 0.0651 e. The largest absolute Gasteiger partial charge is 0.310 e. The maximum Gasteiger partial charge on any atom is 0.0651 e. The van der Waals surface area contributed by atoms with Gasteiger partial charge in [0.15, 0.2) is 0 Å². The molecule has 0 atom stereocenters. The molecule has 53 heavy (non-hydrogen) atoms. The van der Waals surface area contributed by atoms with Gasteiger partial charge in [0.2, 0.25) is 0 Å². The van der Waals surface area contributed by atoms with Crippen molar-refractivity contribution in [3.05, 3.63) is 224 Å². The van der Waals surface area contributed by atoms with Crippen molar-refractivity contribution < 1.29 is 11.0 Å². The van der Waals surface area contributed by atoms with Crippen molar-refractivity contribution in [2.75, 3.05) is 4.90 Å². The van der Waals surface area contributed by atoms with Gasteiger partial charge < -0.3 is 4.90 Å². The lowest BCUT2D eigenvalue weighted by molar-refractivity contribution is 1.28. The Morgan fingerprint density at radius 3 is 1.51 bits per heavy atom. The van der Waals surface area contributed by atoms with E-state index in [0.29, 0.717) is 22.4 Å². The average molecular weight is 684 g/mol. The predicted octanol–water partition coefficient (Wildman–Crippen LogP) is 14.6. The molecule has 0 saturated heterocycles. The van der Waals surface area contributed by atoms with Crippen LogP contribution < -0.4 is 4.90 Å². The fraction of sp³-hybridized carbons (Fsp3) is 0. The average Bonchev–Trinajstić information content (AvgIpc) is 3.31. The van der Waals surface area contributed by atoms with Crippen LogP contribution in [0.3, 0.4) is 0 Å². The Kier molecular flexibility index (Phi) is 6.57. The van der Waals surface area contributed by atoms with Crippen molar-refractivity contribution in [2.45, 2.75) is 0 Å². The van der Waals surface area contributed by atoms with E-state index in [1.807, 2.05) is 146 Å². The third kappa shape index (κ3) is 6.53. The van der Waals surface area contributed by atoms with Gasteiger partial charge in [-0.15, -0.1) is 0 Å². The van der Waals surface area contributed by atoms with Gasteiger partial charge in [0, 0.05) is 16.9 Å². The minimum atomic E-state index is -0.453. The number of hydrogen-bond donors (Lipinski definition) is 0. The summed E-state index contributed by atoms with van der Waals surface area (Å²) in [6.07, 6.45) is 0. The highest BCUT2D eigenvalue weighted by molar-refractivity contribution is 5.98. The predicted molar refractivity (Wildman–Crippen MR) is 226 cm³/mol. The van der Waals surface area contributed by atoms with Crippen LogP contribution in [0.4, 0.5) is 17.1 Å². The van der Waals surface area contributed by atoms with Crippen molar-refractivity contribution in [3.63, 3.8) is 0 Å². The Bertz CT molecular complexity index is 3060. The maximum atomic E-state index is 9.90. The van der Waals surface area contributed by atoms with Crippen LogP contribution in [-0.4, -0.2) is 0 Å². The number of nitrogens with zero attached hydrogens (tertiary/aromatic N) is 1. The molecule has 1 nitrogen and oxygen atoms in total. The van der Waals surface area contributed by atoms with Crippen LogP contribution in [0.1, 0.15) is 11.0 Å². The summed E-state index contributed by atoms with van der Waals surface area (Å²) in [6, 6.07) is 52.7. The van der Waals surface area contributed by atoms with Crippen molar-refractivity contribution in [1.82, 2.24) is 0 Å². The molecule has 0 amide bonds. The maximum absolute atomic E-state index is 9.90. The van der Waals surface area contributed by atoms with E-state index in [1.165, 1.54) is 4.90 Å². The highest BCUT2D eigenvalue weighted by Crippen LogP contribution is 2.43. The van der Waals surface area contributed by atoms with Gasteiger partial charge in [-0.05, 0) is 91.1 Å². The Morgan fingerprint density at radius 1 is 0.321 bits per heavy atom. The summed E-state index contributed by atoms with van der Waals surface area (Å²) in [4.78, 5) is 1.43. The number of anilines is 3. The van der Waals surface area contributed by atoms with E-state index in [9.17, 15) is 11.0 Å². The second-order valence-electron chi connectivity index (χ2n) is 12.7. The summed E-state index contributed by atoms with van der Waals surface area (Å²) in [5.41, 5.74) is 6.68. The summed E-state index contributed by atoms with van der Waals surface area (Å²) in [5, 5.41) is 1.63. The van der Waals surface area contributed by atoms with Gasteiger partial charge in [-0.2, -0.15) is 0 Å². The standard InChI is InChI=1S/C52H37N/c1-3-13-38(14-4-1)40-25-27-42(28-26-40)43-33-35-47(36-34-43)53(48-20-11-19-46(37-48)50-23-12-18-44-17-7-8-21-49(44)50)52-24-10-9-22-51(52)45-31-29-41(30-32-45)39-15-5-2-6-16-39/h1-37H/i11D,19D,20D,33D,34D,35D,36D,37D. The molecule has 0 radical (unpaired) electrons. The van der Waals surface area contributed by atoms with E-state index in [0.717, 1.165) is 38.6 Å². The molecule has 9 aromatic carbocycles. The molecule has 0 N–H and O–H groups in total. The summed E-state index contributed by atoms with van der Waals surface area (Å²) in [7, 11) is 0. The second kappa shape index (κ2) is 14.3. The van der Waals surface area contributed by atoms with Gasteiger partial charge in [0.25, 0.3) is 0 Å². The van der Waals surface area contributed by atoms with Gasteiger partial charge in [0.05, 0.1) is 16.7 Å². The molecule has 0 aliphatic carbocycles. The van der Waals surface area contributed by atoms with E-state index in [-0.39, 0.29) is 58.8 Å².